The highest BCUT2D eigenvalue weighted by Gasteiger charge is 2.30. The zero-order valence-corrected chi connectivity index (χ0v) is 14.9. The van der Waals surface area contributed by atoms with Gasteiger partial charge in [0, 0.05) is 25.6 Å². The van der Waals surface area contributed by atoms with Crippen LogP contribution < -0.4 is 5.32 Å². The highest BCUT2D eigenvalue weighted by Crippen LogP contribution is 2.28. The van der Waals surface area contributed by atoms with E-state index in [1.807, 2.05) is 23.1 Å². The molecular weight excluding hydrogens is 320 g/mol. The third-order valence-electron chi connectivity index (χ3n) is 4.86. The van der Waals surface area contributed by atoms with Gasteiger partial charge in [-0.2, -0.15) is 0 Å². The largest absolute Gasteiger partial charge is 0.353 e. The topological polar surface area (TPSA) is 49.4 Å². The van der Waals surface area contributed by atoms with Crippen LogP contribution in [-0.4, -0.2) is 46.8 Å². The molecule has 2 saturated heterocycles. The second-order valence-corrected chi connectivity index (χ2v) is 7.96. The molecule has 1 aromatic carbocycles. The Kier molecular flexibility index (Phi) is 6.18. The molecule has 0 spiro atoms. The predicted octanol–water partition coefficient (Wildman–Crippen LogP) is 2.62. The predicted molar refractivity (Wildman–Crippen MR) is 98.0 cm³/mol. The molecule has 2 aliphatic heterocycles. The van der Waals surface area contributed by atoms with Gasteiger partial charge < -0.3 is 10.2 Å². The average molecular weight is 346 g/mol. The monoisotopic (exact) mass is 346 g/mol. The van der Waals surface area contributed by atoms with Gasteiger partial charge in [-0.3, -0.25) is 9.59 Å². The molecule has 1 unspecified atom stereocenters. The first kappa shape index (κ1) is 17.3. The molecular formula is C19H26N2O2S. The second-order valence-electron chi connectivity index (χ2n) is 6.65. The number of amides is 2. The van der Waals surface area contributed by atoms with Crippen LogP contribution in [0.5, 0.6) is 0 Å². The fraction of sp³-hybridized carbons (Fsp3) is 0.579. The molecule has 5 heteroatoms. The molecule has 24 heavy (non-hydrogen) atoms. The third-order valence-corrected chi connectivity index (χ3v) is 6.22. The first-order valence-electron chi connectivity index (χ1n) is 8.96. The van der Waals surface area contributed by atoms with Gasteiger partial charge in [-0.15, -0.1) is 11.8 Å². The fourth-order valence-corrected chi connectivity index (χ4v) is 4.67. The number of likely N-dealkylation sites (tertiary alicyclic amines) is 1. The van der Waals surface area contributed by atoms with Gasteiger partial charge in [-0.1, -0.05) is 30.3 Å². The molecule has 3 rings (SSSR count). The van der Waals surface area contributed by atoms with E-state index >= 15 is 0 Å². The van der Waals surface area contributed by atoms with Crippen LogP contribution in [0.4, 0.5) is 0 Å². The van der Waals surface area contributed by atoms with E-state index in [9.17, 15) is 9.59 Å². The number of hydrogen-bond acceptors (Lipinski definition) is 3. The van der Waals surface area contributed by atoms with Crippen molar-refractivity contribution >= 4 is 23.6 Å². The minimum atomic E-state index is 0.120. The molecule has 0 aromatic heterocycles. The minimum Gasteiger partial charge on any atom is -0.353 e. The van der Waals surface area contributed by atoms with E-state index < -0.39 is 0 Å². The van der Waals surface area contributed by atoms with E-state index in [1.165, 1.54) is 5.56 Å². The molecule has 1 aromatic rings. The van der Waals surface area contributed by atoms with E-state index in [1.54, 1.807) is 11.8 Å². The number of carbonyl (C=O) groups excluding carboxylic acids is 2. The molecule has 0 bridgehead atoms. The lowest BCUT2D eigenvalue weighted by Gasteiger charge is -2.33. The van der Waals surface area contributed by atoms with Gasteiger partial charge in [0.05, 0.1) is 5.25 Å². The normalized spacial score (nSPS) is 21.7. The Hall–Kier alpha value is -1.49. The van der Waals surface area contributed by atoms with E-state index in [0.717, 1.165) is 50.9 Å². The van der Waals surface area contributed by atoms with Crippen molar-refractivity contribution in [1.29, 1.82) is 0 Å². The zero-order chi connectivity index (χ0) is 16.8. The lowest BCUT2D eigenvalue weighted by molar-refractivity contribution is -0.131. The molecule has 1 atom stereocenters. The summed E-state index contributed by atoms with van der Waals surface area (Å²) >= 11 is 1.80. The Morgan fingerprint density at radius 2 is 1.88 bits per heavy atom. The number of nitrogens with one attached hydrogen (secondary N) is 1. The molecule has 130 valence electrons. The number of rotatable bonds is 5. The van der Waals surface area contributed by atoms with Crippen LogP contribution in [0.15, 0.2) is 30.3 Å². The first-order chi connectivity index (χ1) is 11.7. The zero-order valence-electron chi connectivity index (χ0n) is 14.1. The van der Waals surface area contributed by atoms with Crippen LogP contribution in [-0.2, 0) is 16.0 Å². The summed E-state index contributed by atoms with van der Waals surface area (Å²) in [6.45, 7) is 1.55. The third kappa shape index (κ3) is 4.76. The van der Waals surface area contributed by atoms with Crippen LogP contribution in [0.25, 0.3) is 0 Å². The highest BCUT2D eigenvalue weighted by molar-refractivity contribution is 8.00. The molecule has 1 N–H and O–H groups in total. The van der Waals surface area contributed by atoms with Crippen molar-refractivity contribution in [2.75, 3.05) is 18.8 Å². The molecule has 2 amide bonds. The summed E-state index contributed by atoms with van der Waals surface area (Å²) < 4.78 is 0. The maximum Gasteiger partial charge on any atom is 0.235 e. The van der Waals surface area contributed by atoms with Gasteiger partial charge >= 0.3 is 0 Å². The summed E-state index contributed by atoms with van der Waals surface area (Å²) in [5.41, 5.74) is 1.20. The smallest absolute Gasteiger partial charge is 0.235 e. The summed E-state index contributed by atoms with van der Waals surface area (Å²) in [4.78, 5) is 26.5. The number of nitrogens with zero attached hydrogens (tertiary/aromatic N) is 1. The van der Waals surface area contributed by atoms with Crippen LogP contribution in [0.3, 0.4) is 0 Å². The van der Waals surface area contributed by atoms with Crippen molar-refractivity contribution < 1.29 is 9.59 Å². The number of piperidine rings is 1. The first-order valence-corrected chi connectivity index (χ1v) is 10.0. The van der Waals surface area contributed by atoms with Gasteiger partial charge in [-0.05, 0) is 43.4 Å². The van der Waals surface area contributed by atoms with Crippen molar-refractivity contribution in [3.05, 3.63) is 35.9 Å². The lowest BCUT2D eigenvalue weighted by atomic mass is 10.0. The average Bonchev–Trinajstić information content (AvgIpc) is 3.16. The molecule has 4 nitrogen and oxygen atoms in total. The summed E-state index contributed by atoms with van der Waals surface area (Å²) in [7, 11) is 0. The number of benzene rings is 1. The minimum absolute atomic E-state index is 0.120. The standard InChI is InChI=1S/C19H26N2O2S/c22-18(9-8-15-5-2-1-3-6-15)20-16-10-12-21(13-11-16)19(23)17-7-4-14-24-17/h1-3,5-6,16-17H,4,7-14H2,(H,20,22). The maximum absolute atomic E-state index is 12.4. The SMILES string of the molecule is O=C(CCc1ccccc1)NC1CCN(C(=O)C2CCCS2)CC1. The Balaban J connectivity index is 1.37. The molecule has 0 aliphatic carbocycles. The Morgan fingerprint density at radius 1 is 1.12 bits per heavy atom. The Morgan fingerprint density at radius 3 is 2.54 bits per heavy atom. The van der Waals surface area contributed by atoms with Crippen LogP contribution in [0.1, 0.15) is 37.7 Å². The highest BCUT2D eigenvalue weighted by atomic mass is 32.2. The quantitative estimate of drug-likeness (QED) is 0.892. The van der Waals surface area contributed by atoms with Gasteiger partial charge in [0.25, 0.3) is 0 Å². The summed E-state index contributed by atoms with van der Waals surface area (Å²) in [6.07, 6.45) is 5.25. The second kappa shape index (κ2) is 8.56. The Bertz CT molecular complexity index is 550. The maximum atomic E-state index is 12.4. The van der Waals surface area contributed by atoms with E-state index in [2.05, 4.69) is 17.4 Å². The van der Waals surface area contributed by atoms with Gasteiger partial charge in [0.1, 0.15) is 0 Å². The lowest BCUT2D eigenvalue weighted by Crippen LogP contribution is -2.48. The van der Waals surface area contributed by atoms with Crippen LogP contribution in [0.2, 0.25) is 0 Å². The number of thioether (sulfide) groups is 1. The van der Waals surface area contributed by atoms with Crippen molar-refractivity contribution in [1.82, 2.24) is 10.2 Å². The van der Waals surface area contributed by atoms with E-state index in [0.29, 0.717) is 12.3 Å². The van der Waals surface area contributed by atoms with Gasteiger partial charge in [0.15, 0.2) is 0 Å². The van der Waals surface area contributed by atoms with Crippen LogP contribution >= 0.6 is 11.8 Å². The Labute approximate surface area is 148 Å². The van der Waals surface area contributed by atoms with Crippen LogP contribution in [0, 0.1) is 0 Å². The number of hydrogen-bond donors (Lipinski definition) is 1. The van der Waals surface area contributed by atoms with E-state index in [4.69, 9.17) is 0 Å². The van der Waals surface area contributed by atoms with E-state index in [-0.39, 0.29) is 17.2 Å². The summed E-state index contributed by atoms with van der Waals surface area (Å²) in [6, 6.07) is 10.3. The molecule has 0 radical (unpaired) electrons. The number of carbonyl (C=O) groups is 2. The number of aryl methyl sites for hydroxylation is 1. The van der Waals surface area contributed by atoms with Gasteiger partial charge in [0.2, 0.25) is 11.8 Å². The fourth-order valence-electron chi connectivity index (χ4n) is 3.42. The molecule has 2 fully saturated rings. The molecule has 2 heterocycles. The van der Waals surface area contributed by atoms with Gasteiger partial charge in [-0.25, -0.2) is 0 Å². The summed E-state index contributed by atoms with van der Waals surface area (Å²) in [5.74, 6) is 1.55. The van der Waals surface area contributed by atoms with Crippen molar-refractivity contribution in [3.8, 4) is 0 Å². The van der Waals surface area contributed by atoms with Crippen molar-refractivity contribution in [2.24, 2.45) is 0 Å². The molecule has 2 aliphatic rings. The summed E-state index contributed by atoms with van der Waals surface area (Å²) in [5, 5.41) is 3.32. The van der Waals surface area contributed by atoms with Crippen molar-refractivity contribution in [2.45, 2.75) is 49.8 Å². The van der Waals surface area contributed by atoms with Crippen molar-refractivity contribution in [3.63, 3.8) is 0 Å². The molecule has 0 saturated carbocycles.